The largest absolute Gasteiger partial charge is 0.477 e. The van der Waals surface area contributed by atoms with Crippen LogP contribution in [-0.4, -0.2) is 31.1 Å². The number of nitrogens with zero attached hydrogens (tertiary/aromatic N) is 2. The summed E-state index contributed by atoms with van der Waals surface area (Å²) in [6.45, 7) is 0. The number of carboxylic acid groups (broad SMARTS) is 1. The van der Waals surface area contributed by atoms with Crippen molar-refractivity contribution in [2.45, 2.75) is 11.3 Å². The van der Waals surface area contributed by atoms with Crippen LogP contribution in [0.5, 0.6) is 0 Å². The highest BCUT2D eigenvalue weighted by Gasteiger charge is 2.29. The van der Waals surface area contributed by atoms with Crippen LogP contribution in [0.1, 0.15) is 6.42 Å². The second kappa shape index (κ2) is 4.44. The van der Waals surface area contributed by atoms with Gasteiger partial charge in [0.25, 0.3) is 5.91 Å². The van der Waals surface area contributed by atoms with Gasteiger partial charge >= 0.3 is 5.97 Å². The summed E-state index contributed by atoms with van der Waals surface area (Å²) < 4.78 is 22.4. The molecule has 2 rings (SSSR count). The topological polar surface area (TPSA) is 130 Å². The van der Waals surface area contributed by atoms with E-state index in [1.165, 1.54) is 18.2 Å². The molecule has 0 bridgehead atoms. The fourth-order valence-electron chi connectivity index (χ4n) is 1.54. The first-order valence-electron chi connectivity index (χ1n) is 5.05. The first kappa shape index (κ1) is 13.2. The maximum Gasteiger partial charge on any atom is 0.352 e. The van der Waals surface area contributed by atoms with Crippen LogP contribution in [0, 0.1) is 0 Å². The first-order chi connectivity index (χ1) is 8.79. The summed E-state index contributed by atoms with van der Waals surface area (Å²) in [5, 5.41) is 18.2. The van der Waals surface area contributed by atoms with Crippen molar-refractivity contribution in [2.75, 3.05) is 5.01 Å². The van der Waals surface area contributed by atoms with E-state index in [4.69, 9.17) is 10.2 Å². The van der Waals surface area contributed by atoms with E-state index in [0.29, 0.717) is 0 Å². The number of rotatable bonds is 3. The number of sulfonamides is 1. The first-order valence-corrected chi connectivity index (χ1v) is 6.60. The van der Waals surface area contributed by atoms with E-state index in [2.05, 4.69) is 5.10 Å². The Balaban J connectivity index is 2.43. The second-order valence-corrected chi connectivity index (χ2v) is 5.34. The molecule has 0 atom stereocenters. The molecule has 0 saturated heterocycles. The summed E-state index contributed by atoms with van der Waals surface area (Å²) in [4.78, 5) is 22.2. The van der Waals surface area contributed by atoms with Gasteiger partial charge in [-0.3, -0.25) is 4.79 Å². The summed E-state index contributed by atoms with van der Waals surface area (Å²) in [5.41, 5.74) is -0.154. The molecule has 1 heterocycles. The number of nitrogens with two attached hydrogens (primary N) is 1. The molecule has 19 heavy (non-hydrogen) atoms. The SMILES string of the molecule is NS(=O)(=O)c1cccc(N2N=C(C(=O)O)CC2=O)c1. The molecule has 100 valence electrons. The number of carboxylic acids is 1. The average molecular weight is 283 g/mol. The number of primary sulfonamides is 1. The quantitative estimate of drug-likeness (QED) is 0.773. The Hall–Kier alpha value is -2.26. The zero-order chi connectivity index (χ0) is 14.2. The standard InChI is InChI=1S/C10H9N3O5S/c11-19(17,18)7-3-1-2-6(4-7)13-9(14)5-8(12-13)10(15)16/h1-4H,5H2,(H,15,16)(H2,11,17,18). The number of carbonyl (C=O) groups is 2. The van der Waals surface area contributed by atoms with Gasteiger partial charge in [-0.1, -0.05) is 6.07 Å². The number of benzene rings is 1. The number of hydrazone groups is 1. The van der Waals surface area contributed by atoms with Crippen molar-refractivity contribution in [3.05, 3.63) is 24.3 Å². The highest BCUT2D eigenvalue weighted by Crippen LogP contribution is 2.23. The van der Waals surface area contributed by atoms with Crippen molar-refractivity contribution >= 4 is 33.3 Å². The van der Waals surface area contributed by atoms with Gasteiger partial charge in [0, 0.05) is 0 Å². The molecule has 1 aromatic rings. The Morgan fingerprint density at radius 1 is 1.42 bits per heavy atom. The van der Waals surface area contributed by atoms with Crippen molar-refractivity contribution in [1.82, 2.24) is 0 Å². The van der Waals surface area contributed by atoms with Gasteiger partial charge in [0.15, 0.2) is 5.71 Å². The fourth-order valence-corrected chi connectivity index (χ4v) is 2.10. The van der Waals surface area contributed by atoms with Crippen molar-refractivity contribution in [1.29, 1.82) is 0 Å². The minimum absolute atomic E-state index is 0.146. The third-order valence-electron chi connectivity index (χ3n) is 2.41. The Bertz CT molecular complexity index is 695. The summed E-state index contributed by atoms with van der Waals surface area (Å²) in [6.07, 6.45) is -0.338. The normalized spacial score (nSPS) is 15.5. The lowest BCUT2D eigenvalue weighted by atomic mass is 10.2. The third-order valence-corrected chi connectivity index (χ3v) is 3.32. The van der Waals surface area contributed by atoms with Gasteiger partial charge in [-0.25, -0.2) is 18.4 Å². The van der Waals surface area contributed by atoms with E-state index in [-0.39, 0.29) is 22.7 Å². The predicted molar refractivity (Wildman–Crippen MR) is 65.0 cm³/mol. The molecule has 0 fully saturated rings. The summed E-state index contributed by atoms with van der Waals surface area (Å²) in [7, 11) is -3.90. The van der Waals surface area contributed by atoms with Gasteiger partial charge < -0.3 is 5.11 Å². The minimum atomic E-state index is -3.90. The van der Waals surface area contributed by atoms with Gasteiger partial charge in [0.1, 0.15) is 0 Å². The lowest BCUT2D eigenvalue weighted by molar-refractivity contribution is -0.129. The van der Waals surface area contributed by atoms with E-state index >= 15 is 0 Å². The molecule has 1 amide bonds. The highest BCUT2D eigenvalue weighted by molar-refractivity contribution is 7.89. The predicted octanol–water partition coefficient (Wildman–Crippen LogP) is -0.489. The molecule has 1 aliphatic rings. The molecule has 0 aliphatic carbocycles. The molecule has 9 heteroatoms. The van der Waals surface area contributed by atoms with E-state index in [0.717, 1.165) is 11.1 Å². The highest BCUT2D eigenvalue weighted by atomic mass is 32.2. The number of hydrogen-bond donors (Lipinski definition) is 2. The maximum absolute atomic E-state index is 11.6. The Morgan fingerprint density at radius 3 is 2.63 bits per heavy atom. The van der Waals surface area contributed by atoms with Gasteiger partial charge in [0.05, 0.1) is 17.0 Å². The Kier molecular flexibility index (Phi) is 3.08. The molecule has 3 N–H and O–H groups in total. The zero-order valence-corrected chi connectivity index (χ0v) is 10.3. The number of aliphatic carboxylic acids is 1. The van der Waals surface area contributed by atoms with E-state index in [9.17, 15) is 18.0 Å². The van der Waals surface area contributed by atoms with Gasteiger partial charge in [-0.05, 0) is 18.2 Å². The van der Waals surface area contributed by atoms with Crippen molar-refractivity contribution in [3.8, 4) is 0 Å². The monoisotopic (exact) mass is 283 g/mol. The van der Waals surface area contributed by atoms with Crippen LogP contribution in [0.3, 0.4) is 0 Å². The number of carbonyl (C=O) groups excluding carboxylic acids is 1. The molecule has 0 unspecified atom stereocenters. The number of hydrogen-bond acceptors (Lipinski definition) is 5. The van der Waals surface area contributed by atoms with E-state index in [1.54, 1.807) is 0 Å². The average Bonchev–Trinajstić information content (AvgIpc) is 2.71. The third kappa shape index (κ3) is 2.61. The zero-order valence-electron chi connectivity index (χ0n) is 9.48. The van der Waals surface area contributed by atoms with Gasteiger partial charge in [-0.15, -0.1) is 0 Å². The Labute approximate surface area is 108 Å². The summed E-state index contributed by atoms with van der Waals surface area (Å²) in [5.74, 6) is -1.84. The molecule has 0 aromatic heterocycles. The summed E-state index contributed by atoms with van der Waals surface area (Å²) >= 11 is 0. The second-order valence-electron chi connectivity index (χ2n) is 3.78. The minimum Gasteiger partial charge on any atom is -0.477 e. The fraction of sp³-hybridized carbons (Fsp3) is 0.100. The van der Waals surface area contributed by atoms with Gasteiger partial charge in [-0.2, -0.15) is 10.1 Å². The van der Waals surface area contributed by atoms with E-state index < -0.39 is 21.9 Å². The molecule has 8 nitrogen and oxygen atoms in total. The molecule has 0 spiro atoms. The summed E-state index contributed by atoms with van der Waals surface area (Å²) in [6, 6.07) is 5.24. The van der Waals surface area contributed by atoms with Crippen molar-refractivity contribution in [3.63, 3.8) is 0 Å². The van der Waals surface area contributed by atoms with Crippen LogP contribution in [0.15, 0.2) is 34.3 Å². The lowest BCUT2D eigenvalue weighted by Gasteiger charge is -2.12. The molecular weight excluding hydrogens is 274 g/mol. The number of amides is 1. The van der Waals surface area contributed by atoms with Crippen LogP contribution < -0.4 is 10.1 Å². The number of anilines is 1. The van der Waals surface area contributed by atoms with Crippen LogP contribution >= 0.6 is 0 Å². The maximum atomic E-state index is 11.6. The van der Waals surface area contributed by atoms with Crippen LogP contribution in [-0.2, 0) is 19.6 Å². The van der Waals surface area contributed by atoms with Crippen LogP contribution in [0.4, 0.5) is 5.69 Å². The lowest BCUT2D eigenvalue weighted by Crippen LogP contribution is -2.20. The van der Waals surface area contributed by atoms with Crippen molar-refractivity contribution < 1.29 is 23.1 Å². The molecular formula is C10H9N3O5S. The van der Waals surface area contributed by atoms with E-state index in [1.807, 2.05) is 0 Å². The van der Waals surface area contributed by atoms with Crippen molar-refractivity contribution in [2.24, 2.45) is 10.2 Å². The molecule has 1 aliphatic heterocycles. The smallest absolute Gasteiger partial charge is 0.352 e. The molecule has 1 aromatic carbocycles. The van der Waals surface area contributed by atoms with Crippen LogP contribution in [0.2, 0.25) is 0 Å². The Morgan fingerprint density at radius 2 is 2.11 bits per heavy atom. The van der Waals surface area contributed by atoms with Gasteiger partial charge in [0.2, 0.25) is 10.0 Å². The molecule has 0 saturated carbocycles. The van der Waals surface area contributed by atoms with Crippen LogP contribution in [0.25, 0.3) is 0 Å². The molecule has 0 radical (unpaired) electrons.